The van der Waals surface area contributed by atoms with E-state index in [0.717, 1.165) is 16.5 Å². The van der Waals surface area contributed by atoms with Crippen molar-refractivity contribution in [3.05, 3.63) is 36.4 Å². The van der Waals surface area contributed by atoms with E-state index in [2.05, 4.69) is 36.4 Å². The number of hydrogen-bond donors (Lipinski definition) is 5. The summed E-state index contributed by atoms with van der Waals surface area (Å²) in [7, 11) is 1.92. The second-order valence-corrected chi connectivity index (χ2v) is 9.99. The van der Waals surface area contributed by atoms with Crippen molar-refractivity contribution in [1.82, 2.24) is 26.2 Å². The van der Waals surface area contributed by atoms with Crippen LogP contribution in [0.5, 0.6) is 0 Å². The van der Waals surface area contributed by atoms with E-state index in [-0.39, 0.29) is 23.1 Å². The number of sulfonamides is 1. The Kier molecular flexibility index (Phi) is 10.1. The molecule has 0 aliphatic rings. The molecule has 0 heterocycles. The molecule has 0 atom stereocenters. The summed E-state index contributed by atoms with van der Waals surface area (Å²) < 4.78 is 28.0. The molecule has 2 aromatic rings. The van der Waals surface area contributed by atoms with E-state index >= 15 is 0 Å². The van der Waals surface area contributed by atoms with Gasteiger partial charge in [0, 0.05) is 45.3 Å². The van der Waals surface area contributed by atoms with Crippen LogP contribution >= 0.6 is 24.4 Å². The molecule has 0 aromatic heterocycles. The third kappa shape index (κ3) is 7.87. The Hall–Kier alpha value is -2.87. The molecule has 0 aliphatic heterocycles. The van der Waals surface area contributed by atoms with Crippen molar-refractivity contribution in [2.75, 3.05) is 39.1 Å². The van der Waals surface area contributed by atoms with Crippen LogP contribution in [0.1, 0.15) is 13.8 Å². The molecule has 5 N–H and O–H groups in total. The van der Waals surface area contributed by atoms with Crippen LogP contribution in [0.15, 0.2) is 51.5 Å². The number of thiocarbonyl (C=S) groups is 2. The molecular formula is C21H30N8O2S3. The van der Waals surface area contributed by atoms with Crippen LogP contribution in [-0.2, 0) is 10.0 Å². The van der Waals surface area contributed by atoms with Gasteiger partial charge >= 0.3 is 0 Å². The highest BCUT2D eigenvalue weighted by molar-refractivity contribution is 7.89. The summed E-state index contributed by atoms with van der Waals surface area (Å²) in [6, 6.07) is 10.9. The molecule has 0 saturated carbocycles. The Morgan fingerprint density at radius 3 is 2.24 bits per heavy atom. The molecule has 2 aromatic carbocycles. The molecule has 0 saturated heterocycles. The van der Waals surface area contributed by atoms with Crippen LogP contribution in [0.25, 0.3) is 10.8 Å². The van der Waals surface area contributed by atoms with Crippen LogP contribution in [0.2, 0.25) is 0 Å². The van der Waals surface area contributed by atoms with Gasteiger partial charge in [0.25, 0.3) is 0 Å². The molecule has 0 amide bonds. The topological polar surface area (TPSA) is 122 Å². The maximum atomic E-state index is 12.7. The zero-order chi connectivity index (χ0) is 25.3. The fourth-order valence-electron chi connectivity index (χ4n) is 2.77. The second kappa shape index (κ2) is 12.6. The molecule has 13 heteroatoms. The third-order valence-corrected chi connectivity index (χ3v) is 6.71. The summed E-state index contributed by atoms with van der Waals surface area (Å²) in [5.41, 5.74) is 7.62. The molecule has 0 radical (unpaired) electrons. The highest BCUT2D eigenvalue weighted by Gasteiger charge is 2.15. The first-order valence-electron chi connectivity index (χ1n) is 10.4. The SMILES string of the molecule is CNC(=S)NN=C(C)C(C)=NNC(=S)NCCNS(=O)(=O)c1ccc2c(N(C)C)cccc2c1. The summed E-state index contributed by atoms with van der Waals surface area (Å²) in [5.74, 6) is 0. The second-order valence-electron chi connectivity index (χ2n) is 7.41. The molecular weight excluding hydrogens is 492 g/mol. The molecule has 10 nitrogen and oxygen atoms in total. The van der Waals surface area contributed by atoms with Gasteiger partial charge < -0.3 is 15.5 Å². The van der Waals surface area contributed by atoms with Crippen LogP contribution in [0.3, 0.4) is 0 Å². The van der Waals surface area contributed by atoms with Gasteiger partial charge in [-0.15, -0.1) is 0 Å². The minimum Gasteiger partial charge on any atom is -0.377 e. The number of benzene rings is 2. The van der Waals surface area contributed by atoms with Gasteiger partial charge in [0.05, 0.1) is 16.3 Å². The minimum absolute atomic E-state index is 0.147. The van der Waals surface area contributed by atoms with E-state index < -0.39 is 10.0 Å². The highest BCUT2D eigenvalue weighted by Crippen LogP contribution is 2.27. The summed E-state index contributed by atoms with van der Waals surface area (Å²) in [6.45, 7) is 3.96. The number of rotatable bonds is 9. The lowest BCUT2D eigenvalue weighted by atomic mass is 10.1. The fourth-order valence-corrected chi connectivity index (χ4v) is 4.03. The molecule has 0 aliphatic carbocycles. The molecule has 0 bridgehead atoms. The first-order chi connectivity index (χ1) is 16.0. The normalized spacial score (nSPS) is 12.3. The van der Waals surface area contributed by atoms with Gasteiger partial charge in [-0.25, -0.2) is 13.1 Å². The predicted octanol–water partition coefficient (Wildman–Crippen LogP) is 1.49. The maximum absolute atomic E-state index is 12.7. The maximum Gasteiger partial charge on any atom is 0.240 e. The van der Waals surface area contributed by atoms with Crippen molar-refractivity contribution < 1.29 is 8.42 Å². The van der Waals surface area contributed by atoms with Gasteiger partial charge in [0.15, 0.2) is 10.2 Å². The Morgan fingerprint density at radius 1 is 0.971 bits per heavy atom. The van der Waals surface area contributed by atoms with Crippen LogP contribution in [0.4, 0.5) is 5.69 Å². The highest BCUT2D eigenvalue weighted by atomic mass is 32.2. The zero-order valence-corrected chi connectivity index (χ0v) is 22.2. The lowest BCUT2D eigenvalue weighted by molar-refractivity contribution is 0.581. The van der Waals surface area contributed by atoms with Crippen LogP contribution < -0.4 is 31.1 Å². The van der Waals surface area contributed by atoms with Gasteiger partial charge in [-0.3, -0.25) is 10.9 Å². The van der Waals surface area contributed by atoms with Gasteiger partial charge in [-0.2, -0.15) is 10.2 Å². The summed E-state index contributed by atoms with van der Waals surface area (Å²) in [5, 5.41) is 16.4. The van der Waals surface area contributed by atoms with E-state index in [1.165, 1.54) is 0 Å². The third-order valence-electron chi connectivity index (χ3n) is 4.72. The van der Waals surface area contributed by atoms with Crippen molar-refractivity contribution >= 4 is 72.6 Å². The molecule has 34 heavy (non-hydrogen) atoms. The standard InChI is InChI=1S/C21H30N8O2S3/c1-14(25-27-20(32)22-3)15(2)26-28-21(33)23-11-12-24-34(30,31)17-9-10-18-16(13-17)7-6-8-19(18)29(4)5/h6-10,13,24H,11-12H2,1-5H3,(H2,22,27,32)(H2,23,28,33). The Labute approximate surface area is 211 Å². The zero-order valence-electron chi connectivity index (χ0n) is 19.8. The first-order valence-corrected chi connectivity index (χ1v) is 12.7. The predicted molar refractivity (Wildman–Crippen MR) is 148 cm³/mol. The van der Waals surface area contributed by atoms with Gasteiger partial charge in [-0.1, -0.05) is 18.2 Å². The summed E-state index contributed by atoms with van der Waals surface area (Å²) >= 11 is 10.1. The van der Waals surface area contributed by atoms with Crippen molar-refractivity contribution in [1.29, 1.82) is 0 Å². The van der Waals surface area contributed by atoms with Crippen LogP contribution in [0, 0.1) is 0 Å². The molecule has 2 rings (SSSR count). The average Bonchev–Trinajstić information content (AvgIpc) is 2.82. The molecule has 184 valence electrons. The first kappa shape index (κ1) is 27.4. The van der Waals surface area contributed by atoms with E-state index in [4.69, 9.17) is 24.4 Å². The molecule has 0 unspecified atom stereocenters. The van der Waals surface area contributed by atoms with E-state index in [0.29, 0.717) is 16.5 Å². The monoisotopic (exact) mass is 522 g/mol. The van der Waals surface area contributed by atoms with E-state index in [1.807, 2.05) is 43.3 Å². The van der Waals surface area contributed by atoms with Crippen molar-refractivity contribution in [3.63, 3.8) is 0 Å². The lowest BCUT2D eigenvalue weighted by Crippen LogP contribution is -2.38. The molecule has 0 fully saturated rings. The molecule has 0 spiro atoms. The fraction of sp³-hybridized carbons (Fsp3) is 0.333. The quantitative estimate of drug-likeness (QED) is 0.144. The minimum atomic E-state index is -3.67. The summed E-state index contributed by atoms with van der Waals surface area (Å²) in [6.07, 6.45) is 0. The largest absolute Gasteiger partial charge is 0.377 e. The van der Waals surface area contributed by atoms with Gasteiger partial charge in [0.2, 0.25) is 10.0 Å². The van der Waals surface area contributed by atoms with E-state index in [9.17, 15) is 8.42 Å². The number of hydrazone groups is 2. The lowest BCUT2D eigenvalue weighted by Gasteiger charge is -2.16. The Morgan fingerprint density at radius 2 is 1.62 bits per heavy atom. The van der Waals surface area contributed by atoms with Crippen molar-refractivity contribution in [2.24, 2.45) is 10.2 Å². The van der Waals surface area contributed by atoms with Gasteiger partial charge in [-0.05, 0) is 61.9 Å². The number of anilines is 1. The van der Waals surface area contributed by atoms with E-state index in [1.54, 1.807) is 33.0 Å². The van der Waals surface area contributed by atoms with Gasteiger partial charge in [0.1, 0.15) is 0 Å². The number of nitrogens with one attached hydrogen (secondary N) is 5. The summed E-state index contributed by atoms with van der Waals surface area (Å²) in [4.78, 5) is 2.20. The van der Waals surface area contributed by atoms with Crippen molar-refractivity contribution in [2.45, 2.75) is 18.7 Å². The number of nitrogens with zero attached hydrogens (tertiary/aromatic N) is 3. The number of fused-ring (bicyclic) bond motifs is 1. The Bertz CT molecular complexity index is 1210. The average molecular weight is 523 g/mol. The Balaban J connectivity index is 1.88. The van der Waals surface area contributed by atoms with Crippen LogP contribution in [-0.4, -0.2) is 64.3 Å². The number of hydrogen-bond acceptors (Lipinski definition) is 7. The smallest absolute Gasteiger partial charge is 0.240 e. The van der Waals surface area contributed by atoms with Crippen molar-refractivity contribution in [3.8, 4) is 0 Å².